The number of hydrogen-bond donors (Lipinski definition) is 1. The van der Waals surface area contributed by atoms with Gasteiger partial charge >= 0.3 is 5.97 Å². The summed E-state index contributed by atoms with van der Waals surface area (Å²) in [5.74, 6) is -0.808. The average molecular weight is 311 g/mol. The van der Waals surface area contributed by atoms with E-state index in [4.69, 9.17) is 4.74 Å². The molecule has 0 bridgehead atoms. The molecule has 2 aromatic rings. The molecule has 4 nitrogen and oxygen atoms in total. The van der Waals surface area contributed by atoms with Crippen molar-refractivity contribution in [3.63, 3.8) is 0 Å². The summed E-state index contributed by atoms with van der Waals surface area (Å²) in [7, 11) is 0. The number of hydrogen-bond acceptors (Lipinski definition) is 3. The Labute approximate surface area is 136 Å². The molecule has 0 atom stereocenters. The largest absolute Gasteiger partial charge is 0.452 e. The molecule has 0 radical (unpaired) electrons. The Hall–Kier alpha value is -2.62. The van der Waals surface area contributed by atoms with E-state index < -0.39 is 5.97 Å². The summed E-state index contributed by atoms with van der Waals surface area (Å²) in [4.78, 5) is 23.5. The highest BCUT2D eigenvalue weighted by Gasteiger charge is 2.09. The molecular weight excluding hydrogens is 290 g/mol. The van der Waals surface area contributed by atoms with Gasteiger partial charge in [-0.1, -0.05) is 48.9 Å². The van der Waals surface area contributed by atoms with E-state index in [1.807, 2.05) is 43.3 Å². The lowest BCUT2D eigenvalue weighted by atomic mass is 10.1. The zero-order valence-corrected chi connectivity index (χ0v) is 13.5. The minimum Gasteiger partial charge on any atom is -0.452 e. The molecule has 1 amide bonds. The first-order chi connectivity index (χ1) is 11.1. The summed E-state index contributed by atoms with van der Waals surface area (Å²) in [6, 6.07) is 15.1. The van der Waals surface area contributed by atoms with E-state index in [2.05, 4.69) is 12.2 Å². The molecule has 0 aliphatic carbocycles. The fourth-order valence-corrected chi connectivity index (χ4v) is 2.05. The van der Waals surface area contributed by atoms with Gasteiger partial charge in [0, 0.05) is 6.54 Å². The lowest BCUT2D eigenvalue weighted by Gasteiger charge is -2.07. The van der Waals surface area contributed by atoms with Gasteiger partial charge in [-0.15, -0.1) is 0 Å². The number of carbonyl (C=O) groups excluding carboxylic acids is 2. The van der Waals surface area contributed by atoms with Crippen molar-refractivity contribution in [2.24, 2.45) is 0 Å². The molecule has 2 rings (SSSR count). The molecule has 0 aliphatic heterocycles. The van der Waals surface area contributed by atoms with Crippen LogP contribution in [-0.2, 0) is 22.5 Å². The number of nitrogens with one attached hydrogen (secondary N) is 1. The maximum absolute atomic E-state index is 11.8. The highest BCUT2D eigenvalue weighted by atomic mass is 16.5. The molecule has 0 heterocycles. The van der Waals surface area contributed by atoms with Crippen LogP contribution in [0.1, 0.15) is 34.0 Å². The second-order valence-electron chi connectivity index (χ2n) is 5.39. The van der Waals surface area contributed by atoms with E-state index in [0.29, 0.717) is 12.1 Å². The van der Waals surface area contributed by atoms with Crippen LogP contribution >= 0.6 is 0 Å². The highest BCUT2D eigenvalue weighted by Crippen LogP contribution is 2.06. The van der Waals surface area contributed by atoms with Crippen LogP contribution in [0.3, 0.4) is 0 Å². The first-order valence-electron chi connectivity index (χ1n) is 7.67. The number of aryl methyl sites for hydroxylation is 2. The molecule has 0 aliphatic rings. The van der Waals surface area contributed by atoms with Gasteiger partial charge in [-0.2, -0.15) is 0 Å². The fraction of sp³-hybridized carbons (Fsp3) is 0.263. The minimum absolute atomic E-state index is 0.278. The Kier molecular flexibility index (Phi) is 5.92. The van der Waals surface area contributed by atoms with Gasteiger partial charge in [-0.3, -0.25) is 4.79 Å². The Balaban J connectivity index is 1.76. The zero-order valence-electron chi connectivity index (χ0n) is 13.5. The van der Waals surface area contributed by atoms with Crippen molar-refractivity contribution >= 4 is 11.9 Å². The molecule has 0 spiro atoms. The average Bonchev–Trinajstić information content (AvgIpc) is 2.59. The number of esters is 1. The van der Waals surface area contributed by atoms with Crippen LogP contribution in [0.2, 0.25) is 0 Å². The first-order valence-corrected chi connectivity index (χ1v) is 7.67. The van der Waals surface area contributed by atoms with E-state index in [1.54, 1.807) is 12.1 Å². The number of amides is 1. The quantitative estimate of drug-likeness (QED) is 0.834. The zero-order chi connectivity index (χ0) is 16.7. The maximum Gasteiger partial charge on any atom is 0.338 e. The van der Waals surface area contributed by atoms with Crippen molar-refractivity contribution in [1.29, 1.82) is 0 Å². The van der Waals surface area contributed by atoms with Crippen molar-refractivity contribution < 1.29 is 14.3 Å². The molecule has 0 unspecified atom stereocenters. The Bertz CT molecular complexity index is 660. The van der Waals surface area contributed by atoms with E-state index in [1.165, 1.54) is 5.56 Å². The van der Waals surface area contributed by atoms with E-state index in [9.17, 15) is 9.59 Å². The van der Waals surface area contributed by atoms with Crippen LogP contribution in [0, 0.1) is 6.92 Å². The topological polar surface area (TPSA) is 55.4 Å². The molecule has 120 valence electrons. The van der Waals surface area contributed by atoms with Crippen LogP contribution in [0.4, 0.5) is 0 Å². The lowest BCUT2D eigenvalue weighted by Crippen LogP contribution is -2.28. The third kappa shape index (κ3) is 5.25. The predicted molar refractivity (Wildman–Crippen MR) is 89.1 cm³/mol. The second-order valence-corrected chi connectivity index (χ2v) is 5.39. The van der Waals surface area contributed by atoms with Crippen molar-refractivity contribution in [2.75, 3.05) is 6.61 Å². The van der Waals surface area contributed by atoms with Crippen molar-refractivity contribution in [1.82, 2.24) is 5.32 Å². The summed E-state index contributed by atoms with van der Waals surface area (Å²) in [5.41, 5.74) is 3.78. The monoisotopic (exact) mass is 311 g/mol. The Morgan fingerprint density at radius 2 is 1.57 bits per heavy atom. The molecule has 0 saturated carbocycles. The van der Waals surface area contributed by atoms with Gasteiger partial charge in [0.2, 0.25) is 0 Å². The van der Waals surface area contributed by atoms with Crippen molar-refractivity contribution in [2.45, 2.75) is 26.8 Å². The summed E-state index contributed by atoms with van der Waals surface area (Å²) in [6.07, 6.45) is 0.988. The minimum atomic E-state index is -0.493. The first kappa shape index (κ1) is 16.7. The van der Waals surface area contributed by atoms with Gasteiger partial charge in [0.1, 0.15) is 0 Å². The van der Waals surface area contributed by atoms with Crippen LogP contribution in [-0.4, -0.2) is 18.5 Å². The SMILES string of the molecule is CCc1ccc(CNC(=O)COC(=O)c2ccc(C)cc2)cc1. The smallest absolute Gasteiger partial charge is 0.338 e. The van der Waals surface area contributed by atoms with Crippen LogP contribution in [0.5, 0.6) is 0 Å². The predicted octanol–water partition coefficient (Wildman–Crippen LogP) is 3.03. The molecule has 1 N–H and O–H groups in total. The number of benzene rings is 2. The van der Waals surface area contributed by atoms with Crippen LogP contribution in [0.15, 0.2) is 48.5 Å². The number of rotatable bonds is 6. The molecule has 0 fully saturated rings. The molecule has 0 aromatic heterocycles. The summed E-state index contributed by atoms with van der Waals surface area (Å²) in [5, 5.41) is 2.74. The Morgan fingerprint density at radius 1 is 0.957 bits per heavy atom. The van der Waals surface area contributed by atoms with E-state index >= 15 is 0 Å². The van der Waals surface area contributed by atoms with Crippen LogP contribution in [0.25, 0.3) is 0 Å². The van der Waals surface area contributed by atoms with Gasteiger partial charge in [-0.25, -0.2) is 4.79 Å². The van der Waals surface area contributed by atoms with Gasteiger partial charge < -0.3 is 10.1 Å². The van der Waals surface area contributed by atoms with Gasteiger partial charge in [0.25, 0.3) is 5.91 Å². The summed E-state index contributed by atoms with van der Waals surface area (Å²) >= 11 is 0. The third-order valence-corrected chi connectivity index (χ3v) is 3.54. The van der Waals surface area contributed by atoms with E-state index in [0.717, 1.165) is 17.5 Å². The summed E-state index contributed by atoms with van der Waals surface area (Å²) < 4.78 is 5.00. The van der Waals surface area contributed by atoms with Gasteiger partial charge in [0.15, 0.2) is 6.61 Å². The fourth-order valence-electron chi connectivity index (χ4n) is 2.05. The lowest BCUT2D eigenvalue weighted by molar-refractivity contribution is -0.124. The maximum atomic E-state index is 11.8. The standard InChI is InChI=1S/C19H21NO3/c1-3-15-6-8-16(9-7-15)12-20-18(21)13-23-19(22)17-10-4-14(2)5-11-17/h4-11H,3,12-13H2,1-2H3,(H,20,21). The van der Waals surface area contributed by atoms with Gasteiger partial charge in [0.05, 0.1) is 5.56 Å². The number of ether oxygens (including phenoxy) is 1. The van der Waals surface area contributed by atoms with E-state index in [-0.39, 0.29) is 12.5 Å². The molecule has 4 heteroatoms. The summed E-state index contributed by atoms with van der Waals surface area (Å²) in [6.45, 7) is 4.18. The normalized spacial score (nSPS) is 10.2. The molecular formula is C19H21NO3. The molecule has 0 saturated heterocycles. The van der Waals surface area contributed by atoms with Crippen LogP contribution < -0.4 is 5.32 Å². The second kappa shape index (κ2) is 8.13. The molecule has 2 aromatic carbocycles. The third-order valence-electron chi connectivity index (χ3n) is 3.54. The van der Waals surface area contributed by atoms with Crippen molar-refractivity contribution in [3.05, 3.63) is 70.8 Å². The highest BCUT2D eigenvalue weighted by molar-refractivity contribution is 5.91. The number of carbonyl (C=O) groups is 2. The van der Waals surface area contributed by atoms with Crippen molar-refractivity contribution in [3.8, 4) is 0 Å². The van der Waals surface area contributed by atoms with Gasteiger partial charge in [-0.05, 0) is 36.6 Å². The molecule has 23 heavy (non-hydrogen) atoms. The Morgan fingerprint density at radius 3 is 2.17 bits per heavy atom.